The van der Waals surface area contributed by atoms with Gasteiger partial charge in [0.25, 0.3) is 0 Å². The summed E-state index contributed by atoms with van der Waals surface area (Å²) in [5, 5.41) is 2.62. The molecule has 0 saturated carbocycles. The average Bonchev–Trinajstić information content (AvgIpc) is 2.81. The molecule has 0 amide bonds. The number of hydrogen-bond acceptors (Lipinski definition) is 0. The van der Waals surface area contributed by atoms with E-state index < -0.39 is 0 Å². The molecule has 3 rings (SSSR count). The summed E-state index contributed by atoms with van der Waals surface area (Å²) in [7, 11) is 8.44. The molecule has 0 aliphatic carbocycles. The number of fused-ring (bicyclic) bond motifs is 1. The maximum Gasteiger partial charge on any atom is -0.0125 e. The zero-order valence-electron chi connectivity index (χ0n) is 18.5. The Morgan fingerprint density at radius 2 is 1.00 bits per heavy atom. The summed E-state index contributed by atoms with van der Waals surface area (Å²) in [5.74, 6) is 0. The van der Waals surface area contributed by atoms with Crippen molar-refractivity contribution in [2.45, 2.75) is 60.0 Å². The first-order valence-electron chi connectivity index (χ1n) is 10.5. The summed E-state index contributed by atoms with van der Waals surface area (Å²) in [6.07, 6.45) is 3.02. The highest BCUT2D eigenvalue weighted by Crippen LogP contribution is 2.28. The van der Waals surface area contributed by atoms with Crippen molar-refractivity contribution in [2.75, 3.05) is 0 Å². The van der Waals surface area contributed by atoms with Crippen molar-refractivity contribution in [1.82, 2.24) is 0 Å². The highest BCUT2D eigenvalue weighted by atomic mass is 31.0. The van der Waals surface area contributed by atoms with Gasteiger partial charge in [-0.05, 0) is 63.1 Å². The quantitative estimate of drug-likeness (QED) is 0.362. The minimum absolute atomic E-state index is 1.00. The van der Waals surface area contributed by atoms with E-state index in [1.165, 1.54) is 38.6 Å². The molecule has 28 heavy (non-hydrogen) atoms. The second kappa shape index (κ2) is 16.1. The van der Waals surface area contributed by atoms with Crippen LogP contribution in [0, 0.1) is 0 Å². The zero-order valence-corrected chi connectivity index (χ0v) is 22.0. The fraction of sp³-hybridized carbons (Fsp3) is 0.360. The lowest BCUT2D eigenvalue weighted by Gasteiger charge is -2.10. The van der Waals surface area contributed by atoms with Crippen LogP contribution < -0.4 is 0 Å². The van der Waals surface area contributed by atoms with Gasteiger partial charge in [-0.25, -0.2) is 0 Å². The normalized spacial score (nSPS) is 9.32. The smallest absolute Gasteiger partial charge is 0.0125 e. The Bertz CT molecular complexity index is 810. The molecule has 0 spiro atoms. The molecular formula is C25H39P3. The van der Waals surface area contributed by atoms with Crippen molar-refractivity contribution in [3.8, 4) is 11.1 Å². The van der Waals surface area contributed by atoms with Gasteiger partial charge in [0.05, 0.1) is 0 Å². The molecule has 0 aromatic heterocycles. The molecule has 3 aromatic rings. The van der Waals surface area contributed by atoms with Crippen LogP contribution in [0.4, 0.5) is 0 Å². The van der Waals surface area contributed by atoms with Gasteiger partial charge in [-0.3, -0.25) is 0 Å². The second-order valence-electron chi connectivity index (χ2n) is 5.49. The third-order valence-corrected chi connectivity index (χ3v) is 5.47. The van der Waals surface area contributed by atoms with Gasteiger partial charge < -0.3 is 0 Å². The third kappa shape index (κ3) is 7.56. The van der Waals surface area contributed by atoms with Crippen molar-refractivity contribution in [3.63, 3.8) is 0 Å². The van der Waals surface area contributed by atoms with Crippen LogP contribution in [0.1, 0.15) is 58.2 Å². The van der Waals surface area contributed by atoms with Crippen LogP contribution in [0.2, 0.25) is 0 Å². The van der Waals surface area contributed by atoms with Crippen LogP contribution in [0.15, 0.2) is 54.6 Å². The van der Waals surface area contributed by atoms with Gasteiger partial charge >= 0.3 is 0 Å². The molecule has 0 fully saturated rings. The van der Waals surface area contributed by atoms with Crippen LogP contribution in [0.25, 0.3) is 21.9 Å². The lowest BCUT2D eigenvalue weighted by molar-refractivity contribution is 1.28. The molecule has 3 aromatic carbocycles. The molecule has 0 nitrogen and oxygen atoms in total. The van der Waals surface area contributed by atoms with E-state index in [1.807, 2.05) is 41.5 Å². The molecule has 3 unspecified atom stereocenters. The van der Waals surface area contributed by atoms with Gasteiger partial charge in [-0.2, -0.15) is 0 Å². The molecule has 0 aliphatic heterocycles. The maximum atomic E-state index is 2.84. The first-order valence-corrected chi connectivity index (χ1v) is 12.9. The summed E-state index contributed by atoms with van der Waals surface area (Å²) in [5.41, 5.74) is 6.78. The molecule has 0 aliphatic rings. The fourth-order valence-electron chi connectivity index (χ4n) is 2.80. The molecule has 0 saturated heterocycles. The molecule has 3 atom stereocenters. The first-order chi connectivity index (χ1) is 13.7. The van der Waals surface area contributed by atoms with Crippen LogP contribution in [-0.4, -0.2) is 0 Å². The predicted octanol–water partition coefficient (Wildman–Crippen LogP) is 8.71. The van der Waals surface area contributed by atoms with Crippen molar-refractivity contribution in [3.05, 3.63) is 71.3 Å². The van der Waals surface area contributed by atoms with Gasteiger partial charge in [0.1, 0.15) is 0 Å². The van der Waals surface area contributed by atoms with Crippen LogP contribution in [-0.2, 0) is 18.5 Å². The fourth-order valence-corrected chi connectivity index (χ4v) is 3.83. The molecule has 3 heteroatoms. The topological polar surface area (TPSA) is 0 Å². The zero-order chi connectivity index (χ0) is 21.5. The summed E-state index contributed by atoms with van der Waals surface area (Å²) in [6, 6.07) is 20.3. The Hall–Kier alpha value is -0.790. The first kappa shape index (κ1) is 27.2. The van der Waals surface area contributed by atoms with Gasteiger partial charge in [0.15, 0.2) is 0 Å². The van der Waals surface area contributed by atoms with E-state index in [4.69, 9.17) is 0 Å². The van der Waals surface area contributed by atoms with E-state index in [9.17, 15) is 0 Å². The van der Waals surface area contributed by atoms with E-state index >= 15 is 0 Å². The monoisotopic (exact) mass is 432 g/mol. The largest absolute Gasteiger partial charge is 0.133 e. The van der Waals surface area contributed by atoms with Crippen LogP contribution in [0.5, 0.6) is 0 Å². The van der Waals surface area contributed by atoms with Crippen molar-refractivity contribution >= 4 is 38.5 Å². The Labute approximate surface area is 180 Å². The highest BCUT2D eigenvalue weighted by Gasteiger charge is 2.04. The molecule has 0 heterocycles. The van der Waals surface area contributed by atoms with Crippen LogP contribution >= 0.6 is 27.7 Å². The van der Waals surface area contributed by atoms with Gasteiger partial charge in [-0.15, -0.1) is 27.7 Å². The summed E-state index contributed by atoms with van der Waals surface area (Å²) in [6.45, 7) is 12.0. The molecular weight excluding hydrogens is 393 g/mol. The predicted molar refractivity (Wildman–Crippen MR) is 144 cm³/mol. The lowest BCUT2D eigenvalue weighted by Crippen LogP contribution is -1.89. The highest BCUT2D eigenvalue weighted by molar-refractivity contribution is 7.16. The Kier molecular flexibility index (Phi) is 15.6. The van der Waals surface area contributed by atoms with Crippen molar-refractivity contribution in [2.24, 2.45) is 0 Å². The standard InChI is InChI=1S/C19H21P3.3C2H6/c20-10-13-1-2-15-8-16(4-3-14(15)7-13)17-5-6-18(11-21)19(9-17)12-22;3*1-2/h1-9H,10-12,20-22H2;3*1-2H3. The molecule has 154 valence electrons. The van der Waals surface area contributed by atoms with Crippen LogP contribution in [0.3, 0.4) is 0 Å². The molecule has 0 bridgehead atoms. The van der Waals surface area contributed by atoms with E-state index in [0.29, 0.717) is 0 Å². The average molecular weight is 433 g/mol. The van der Waals surface area contributed by atoms with Gasteiger partial charge in [-0.1, -0.05) is 90.1 Å². The van der Waals surface area contributed by atoms with E-state index in [1.54, 1.807) is 0 Å². The Morgan fingerprint density at radius 3 is 1.57 bits per heavy atom. The number of hydrogen-bond donors (Lipinski definition) is 0. The Morgan fingerprint density at radius 1 is 0.500 bits per heavy atom. The summed E-state index contributed by atoms with van der Waals surface area (Å²) < 4.78 is 0. The van der Waals surface area contributed by atoms with Crippen molar-refractivity contribution < 1.29 is 0 Å². The molecule has 0 N–H and O–H groups in total. The minimum atomic E-state index is 1.00. The van der Waals surface area contributed by atoms with Crippen molar-refractivity contribution in [1.29, 1.82) is 0 Å². The Balaban J connectivity index is 0.00000111. The number of benzene rings is 3. The lowest BCUT2D eigenvalue weighted by atomic mass is 9.97. The summed E-state index contributed by atoms with van der Waals surface area (Å²) in [4.78, 5) is 0. The third-order valence-electron chi connectivity index (χ3n) is 4.12. The summed E-state index contributed by atoms with van der Waals surface area (Å²) >= 11 is 0. The minimum Gasteiger partial charge on any atom is -0.133 e. The maximum absolute atomic E-state index is 2.84. The SMILES string of the molecule is CC.CC.CC.PCc1ccc2cc(-c3ccc(CP)c(CP)c3)ccc2c1. The molecule has 0 radical (unpaired) electrons. The number of rotatable bonds is 4. The van der Waals surface area contributed by atoms with Gasteiger partial charge in [0.2, 0.25) is 0 Å². The van der Waals surface area contributed by atoms with E-state index in [2.05, 4.69) is 82.3 Å². The second-order valence-corrected chi connectivity index (χ2v) is 6.72. The van der Waals surface area contributed by atoms with Gasteiger partial charge in [0, 0.05) is 0 Å². The van der Waals surface area contributed by atoms with E-state index in [0.717, 1.165) is 18.5 Å². The van der Waals surface area contributed by atoms with E-state index in [-0.39, 0.29) is 0 Å².